The molecule has 1 N–H and O–H groups in total. The quantitative estimate of drug-likeness (QED) is 0.733. The Bertz CT molecular complexity index is 955. The molecule has 6 heteroatoms. The zero-order valence-electron chi connectivity index (χ0n) is 13.7. The van der Waals surface area contributed by atoms with Gasteiger partial charge < -0.3 is 4.98 Å². The number of aromatic amines is 1. The number of aromatic nitrogens is 2. The van der Waals surface area contributed by atoms with Crippen molar-refractivity contribution in [3.8, 4) is 0 Å². The number of hydrogen-bond acceptors (Lipinski definition) is 2. The van der Waals surface area contributed by atoms with Gasteiger partial charge in [-0.3, -0.25) is 9.47 Å². The van der Waals surface area contributed by atoms with Crippen molar-refractivity contribution in [1.82, 2.24) is 14.5 Å². The Morgan fingerprint density at radius 3 is 2.56 bits per heavy atom. The van der Waals surface area contributed by atoms with Crippen molar-refractivity contribution in [1.29, 1.82) is 0 Å². The Morgan fingerprint density at radius 1 is 1.04 bits per heavy atom. The monoisotopic (exact) mass is 375 g/mol. The highest BCUT2D eigenvalue weighted by Gasteiger charge is 2.23. The molecule has 0 aliphatic carbocycles. The van der Waals surface area contributed by atoms with E-state index in [2.05, 4.69) is 9.88 Å². The number of imidazole rings is 1. The highest BCUT2D eigenvalue weighted by molar-refractivity contribution is 6.42. The van der Waals surface area contributed by atoms with Crippen LogP contribution in [-0.2, 0) is 6.54 Å². The van der Waals surface area contributed by atoms with Crippen LogP contribution in [0, 0.1) is 0 Å². The third kappa shape index (κ3) is 3.34. The maximum absolute atomic E-state index is 12.3. The maximum Gasteiger partial charge on any atom is 0.326 e. The van der Waals surface area contributed by atoms with Gasteiger partial charge in [-0.15, -0.1) is 0 Å². The van der Waals surface area contributed by atoms with Gasteiger partial charge in [0.25, 0.3) is 0 Å². The van der Waals surface area contributed by atoms with Crippen LogP contribution in [0.5, 0.6) is 0 Å². The Morgan fingerprint density at radius 2 is 1.80 bits per heavy atom. The second kappa shape index (κ2) is 6.87. The van der Waals surface area contributed by atoms with Crippen LogP contribution in [0.3, 0.4) is 0 Å². The molecule has 0 bridgehead atoms. The maximum atomic E-state index is 12.3. The number of piperidine rings is 1. The third-order valence-corrected chi connectivity index (χ3v) is 5.68. The Balaban J connectivity index is 1.47. The molecule has 0 atom stereocenters. The number of halogens is 2. The molecule has 4 rings (SSSR count). The summed E-state index contributed by atoms with van der Waals surface area (Å²) in [6.45, 7) is 2.76. The standard InChI is InChI=1S/C19H19Cl2N3O/c20-15-6-5-13(11-16(15)21)12-23-9-7-14(8-10-23)24-18-4-2-1-3-17(18)22-19(24)25/h1-6,11,14H,7-10,12H2,(H,22,25). The molecular weight excluding hydrogens is 357 g/mol. The molecule has 1 aliphatic heterocycles. The molecule has 2 aromatic carbocycles. The number of hydrogen-bond donors (Lipinski definition) is 1. The number of para-hydroxylation sites is 2. The first-order valence-electron chi connectivity index (χ1n) is 8.47. The van der Waals surface area contributed by atoms with E-state index < -0.39 is 0 Å². The number of nitrogens with zero attached hydrogens (tertiary/aromatic N) is 2. The predicted molar refractivity (Wildman–Crippen MR) is 103 cm³/mol. The molecule has 1 aliphatic rings. The lowest BCUT2D eigenvalue weighted by atomic mass is 10.0. The number of fused-ring (bicyclic) bond motifs is 1. The van der Waals surface area contributed by atoms with E-state index in [1.807, 2.05) is 47.0 Å². The Hall–Kier alpha value is -1.75. The lowest BCUT2D eigenvalue weighted by Crippen LogP contribution is -2.36. The highest BCUT2D eigenvalue weighted by Crippen LogP contribution is 2.27. The summed E-state index contributed by atoms with van der Waals surface area (Å²) in [7, 11) is 0. The molecule has 0 spiro atoms. The molecule has 0 unspecified atom stereocenters. The van der Waals surface area contributed by atoms with Crippen molar-refractivity contribution in [3.63, 3.8) is 0 Å². The van der Waals surface area contributed by atoms with Crippen LogP contribution in [-0.4, -0.2) is 27.5 Å². The molecule has 3 aromatic rings. The molecular formula is C19H19Cl2N3O. The van der Waals surface area contributed by atoms with E-state index in [0.717, 1.165) is 49.1 Å². The molecule has 4 nitrogen and oxygen atoms in total. The fourth-order valence-electron chi connectivity index (χ4n) is 3.67. The topological polar surface area (TPSA) is 41.0 Å². The van der Waals surface area contributed by atoms with Gasteiger partial charge in [0.1, 0.15) is 0 Å². The fourth-order valence-corrected chi connectivity index (χ4v) is 3.99. The first-order valence-corrected chi connectivity index (χ1v) is 9.23. The molecule has 1 fully saturated rings. The predicted octanol–water partition coefficient (Wildman–Crippen LogP) is 4.47. The van der Waals surface area contributed by atoms with Gasteiger partial charge in [-0.1, -0.05) is 41.4 Å². The summed E-state index contributed by atoms with van der Waals surface area (Å²) in [5, 5.41) is 1.18. The summed E-state index contributed by atoms with van der Waals surface area (Å²) in [6, 6.07) is 13.9. The number of H-pyrrole nitrogens is 1. The first-order chi connectivity index (χ1) is 12.1. The lowest BCUT2D eigenvalue weighted by molar-refractivity contribution is 0.180. The van der Waals surface area contributed by atoms with Crippen molar-refractivity contribution in [2.45, 2.75) is 25.4 Å². The van der Waals surface area contributed by atoms with E-state index in [1.165, 1.54) is 0 Å². The smallest absolute Gasteiger partial charge is 0.306 e. The van der Waals surface area contributed by atoms with E-state index >= 15 is 0 Å². The fraction of sp³-hybridized carbons (Fsp3) is 0.316. The van der Waals surface area contributed by atoms with E-state index in [-0.39, 0.29) is 11.7 Å². The van der Waals surface area contributed by atoms with E-state index in [4.69, 9.17) is 23.2 Å². The van der Waals surface area contributed by atoms with Crippen LogP contribution in [0.25, 0.3) is 11.0 Å². The van der Waals surface area contributed by atoms with Crippen LogP contribution < -0.4 is 5.69 Å². The minimum Gasteiger partial charge on any atom is -0.306 e. The summed E-state index contributed by atoms with van der Waals surface area (Å²) in [6.07, 6.45) is 1.92. The Labute approximate surface area is 156 Å². The molecule has 0 amide bonds. The summed E-state index contributed by atoms with van der Waals surface area (Å²) in [5.41, 5.74) is 3.06. The number of rotatable bonds is 3. The van der Waals surface area contributed by atoms with Crippen molar-refractivity contribution in [2.75, 3.05) is 13.1 Å². The Kier molecular flexibility index (Phi) is 4.59. The van der Waals surface area contributed by atoms with Gasteiger partial charge in [0.15, 0.2) is 0 Å². The number of benzene rings is 2. The van der Waals surface area contributed by atoms with Gasteiger partial charge in [0.2, 0.25) is 0 Å². The average Bonchev–Trinajstić information content (AvgIpc) is 2.95. The van der Waals surface area contributed by atoms with Crippen LogP contribution in [0.2, 0.25) is 10.0 Å². The highest BCUT2D eigenvalue weighted by atomic mass is 35.5. The largest absolute Gasteiger partial charge is 0.326 e. The van der Waals surface area contributed by atoms with E-state index in [0.29, 0.717) is 10.0 Å². The summed E-state index contributed by atoms with van der Waals surface area (Å²) >= 11 is 12.1. The van der Waals surface area contributed by atoms with Crippen molar-refractivity contribution < 1.29 is 0 Å². The number of nitrogens with one attached hydrogen (secondary N) is 1. The molecule has 2 heterocycles. The van der Waals surface area contributed by atoms with Gasteiger partial charge in [-0.2, -0.15) is 0 Å². The first kappa shape index (κ1) is 16.7. The second-order valence-electron chi connectivity index (χ2n) is 6.57. The van der Waals surface area contributed by atoms with E-state index in [9.17, 15) is 4.79 Å². The minimum atomic E-state index is -0.0101. The van der Waals surface area contributed by atoms with Crippen LogP contribution in [0.15, 0.2) is 47.3 Å². The number of likely N-dealkylation sites (tertiary alicyclic amines) is 1. The average molecular weight is 376 g/mol. The summed E-state index contributed by atoms with van der Waals surface area (Å²) in [5.74, 6) is 0. The minimum absolute atomic E-state index is 0.0101. The molecule has 130 valence electrons. The molecule has 0 saturated carbocycles. The molecule has 0 radical (unpaired) electrons. The van der Waals surface area contributed by atoms with E-state index in [1.54, 1.807) is 0 Å². The van der Waals surface area contributed by atoms with Gasteiger partial charge in [0.05, 0.1) is 21.1 Å². The summed E-state index contributed by atoms with van der Waals surface area (Å²) in [4.78, 5) is 17.7. The van der Waals surface area contributed by atoms with Crippen molar-refractivity contribution >= 4 is 34.2 Å². The van der Waals surface area contributed by atoms with Gasteiger partial charge >= 0.3 is 5.69 Å². The van der Waals surface area contributed by atoms with Gasteiger partial charge in [-0.05, 0) is 42.7 Å². The van der Waals surface area contributed by atoms with Gasteiger partial charge in [-0.25, -0.2) is 4.79 Å². The van der Waals surface area contributed by atoms with Crippen molar-refractivity contribution in [3.05, 3.63) is 68.6 Å². The second-order valence-corrected chi connectivity index (χ2v) is 7.39. The zero-order chi connectivity index (χ0) is 17.4. The normalized spacial score (nSPS) is 16.6. The SMILES string of the molecule is O=c1[nH]c2ccccc2n1C1CCN(Cc2ccc(Cl)c(Cl)c2)CC1. The lowest BCUT2D eigenvalue weighted by Gasteiger charge is -2.32. The summed E-state index contributed by atoms with van der Waals surface area (Å²) < 4.78 is 1.92. The van der Waals surface area contributed by atoms with Gasteiger partial charge in [0, 0.05) is 25.7 Å². The van der Waals surface area contributed by atoms with Crippen molar-refractivity contribution in [2.24, 2.45) is 0 Å². The van der Waals surface area contributed by atoms with Crippen LogP contribution in [0.1, 0.15) is 24.4 Å². The molecule has 25 heavy (non-hydrogen) atoms. The zero-order valence-corrected chi connectivity index (χ0v) is 15.2. The molecule has 1 aromatic heterocycles. The van der Waals surface area contributed by atoms with Crippen LogP contribution in [0.4, 0.5) is 0 Å². The third-order valence-electron chi connectivity index (χ3n) is 4.94. The molecule has 1 saturated heterocycles. The van der Waals surface area contributed by atoms with Crippen LogP contribution >= 0.6 is 23.2 Å².